The molecule has 0 saturated carbocycles. The van der Waals surface area contributed by atoms with Crippen LogP contribution in [-0.4, -0.2) is 5.48 Å². The number of halogens is 1. The minimum absolute atomic E-state index is 0. The molecule has 1 aromatic rings. The first-order valence-corrected chi connectivity index (χ1v) is 6.19. The van der Waals surface area contributed by atoms with Crippen LogP contribution < -0.4 is 3.07 Å². The van der Waals surface area contributed by atoms with E-state index in [1.54, 1.807) is 0 Å². The van der Waals surface area contributed by atoms with Crippen LogP contribution in [0.5, 0.6) is 0 Å². The Morgan fingerprint density at radius 1 is 1.11 bits per heavy atom. The quantitative estimate of drug-likeness (QED) is 0.460. The van der Waals surface area contributed by atoms with Gasteiger partial charge in [-0.3, -0.25) is 0 Å². The summed E-state index contributed by atoms with van der Waals surface area (Å²) in [5, 5.41) is 0. The Balaban J connectivity index is 0.000000640. The van der Waals surface area contributed by atoms with E-state index in [0.29, 0.717) is 0 Å². The van der Waals surface area contributed by atoms with Crippen molar-refractivity contribution in [2.45, 2.75) is 0 Å². The molecule has 0 unspecified atom stereocenters. The standard InChI is InChI=1S/C6H4I.Hg.H2O/c7-6-4-2-1-3-5-6;;/h2-5H;;1H2/q;+1;/p-1. The zero-order chi connectivity index (χ0) is 5.98. The van der Waals surface area contributed by atoms with E-state index in [9.17, 15) is 0 Å². The van der Waals surface area contributed by atoms with Crippen molar-refractivity contribution in [1.82, 2.24) is 0 Å². The summed E-state index contributed by atoms with van der Waals surface area (Å²) < 4.78 is 2.85. The zero-order valence-corrected chi connectivity index (χ0v) is 12.5. The molecule has 1 rings (SSSR count). The summed E-state index contributed by atoms with van der Waals surface area (Å²) in [6.07, 6.45) is 0. The van der Waals surface area contributed by atoms with Gasteiger partial charge in [-0.2, -0.15) is 0 Å². The summed E-state index contributed by atoms with van der Waals surface area (Å²) in [5.41, 5.74) is 0. The van der Waals surface area contributed by atoms with Crippen LogP contribution in [0.1, 0.15) is 0 Å². The van der Waals surface area contributed by atoms with E-state index >= 15 is 0 Å². The van der Waals surface area contributed by atoms with Gasteiger partial charge in [-0.15, -0.1) is 0 Å². The normalized spacial score (nSPS) is 8.33. The molecule has 0 heterocycles. The van der Waals surface area contributed by atoms with Crippen molar-refractivity contribution < 1.29 is 31.6 Å². The Labute approximate surface area is 84.3 Å². The molecule has 0 radical (unpaired) electrons. The maximum absolute atomic E-state index is 2.32. The van der Waals surface area contributed by atoms with Crippen LogP contribution in [0.15, 0.2) is 24.3 Å². The van der Waals surface area contributed by atoms with E-state index in [2.05, 4.69) is 46.9 Å². The van der Waals surface area contributed by atoms with Gasteiger partial charge in [0.05, 0.1) is 0 Å². The Morgan fingerprint density at radius 2 is 1.56 bits per heavy atom. The van der Waals surface area contributed by atoms with E-state index in [0.717, 1.165) is 26.1 Å². The summed E-state index contributed by atoms with van der Waals surface area (Å²) in [5.74, 6) is 0. The Bertz CT molecular complexity index is 152. The molecule has 44 valence electrons. The van der Waals surface area contributed by atoms with Crippen LogP contribution in [0, 0.1) is 3.57 Å². The van der Waals surface area contributed by atoms with Gasteiger partial charge in [-0.25, -0.2) is 0 Å². The van der Waals surface area contributed by atoms with E-state index < -0.39 is 0 Å². The molecule has 1 N–H and O–H groups in total. The average molecular weight is 421 g/mol. The summed E-state index contributed by atoms with van der Waals surface area (Å²) in [7, 11) is 0. The maximum Gasteiger partial charge on any atom is -0.870 e. The fraction of sp³-hybridized carbons (Fsp3) is 0. The van der Waals surface area contributed by atoms with Gasteiger partial charge < -0.3 is 5.48 Å². The topological polar surface area (TPSA) is 30.0 Å². The monoisotopic (exact) mass is 422 g/mol. The number of benzene rings is 1. The van der Waals surface area contributed by atoms with Crippen LogP contribution in [-0.2, 0) is 26.1 Å². The predicted molar refractivity (Wildman–Crippen MR) is 40.7 cm³/mol. The number of hydrogen-bond acceptors (Lipinski definition) is 1. The van der Waals surface area contributed by atoms with Gasteiger partial charge in [0.25, 0.3) is 0 Å². The van der Waals surface area contributed by atoms with Gasteiger partial charge in [-0.05, 0) is 0 Å². The maximum atomic E-state index is 2.32. The third-order valence-corrected chi connectivity index (χ3v) is 3.47. The molecule has 0 aliphatic carbocycles. The molecule has 0 saturated heterocycles. The van der Waals surface area contributed by atoms with E-state index in [4.69, 9.17) is 0 Å². The molecule has 0 bridgehead atoms. The van der Waals surface area contributed by atoms with Crippen LogP contribution in [0.2, 0.25) is 0 Å². The van der Waals surface area contributed by atoms with E-state index in [1.165, 1.54) is 6.64 Å². The molecule has 1 aromatic carbocycles. The van der Waals surface area contributed by atoms with Crippen LogP contribution >= 0.6 is 22.6 Å². The zero-order valence-electron chi connectivity index (χ0n) is 4.84. The van der Waals surface area contributed by atoms with Gasteiger partial charge in [0, 0.05) is 0 Å². The minimum Gasteiger partial charge on any atom is -0.870 e. The molecule has 0 atom stereocenters. The summed E-state index contributed by atoms with van der Waals surface area (Å²) >= 11 is 3.12. The van der Waals surface area contributed by atoms with Gasteiger partial charge >= 0.3 is 79.6 Å². The van der Waals surface area contributed by atoms with Crippen molar-refractivity contribution in [3.8, 4) is 0 Å². The fourth-order valence-electron chi connectivity index (χ4n) is 0.484. The van der Waals surface area contributed by atoms with Crippen LogP contribution in [0.25, 0.3) is 0 Å². The number of hydrogen-bond donors (Lipinski definition) is 0. The van der Waals surface area contributed by atoms with Crippen molar-refractivity contribution >= 4 is 25.7 Å². The van der Waals surface area contributed by atoms with Gasteiger partial charge in [0.15, 0.2) is 0 Å². The Hall–Kier alpha value is 0.845. The first-order chi connectivity index (χ1) is 3.79. The smallest absolute Gasteiger partial charge is 0.870 e. The van der Waals surface area contributed by atoms with E-state index in [-0.39, 0.29) is 5.48 Å². The van der Waals surface area contributed by atoms with Gasteiger partial charge in [-0.1, -0.05) is 0 Å². The van der Waals surface area contributed by atoms with Gasteiger partial charge in [0.2, 0.25) is 0 Å². The molecule has 0 aromatic heterocycles. The summed E-state index contributed by atoms with van der Waals surface area (Å²) in [6.45, 7) is 0. The van der Waals surface area contributed by atoms with Crippen LogP contribution in [0.3, 0.4) is 0 Å². The first-order valence-electron chi connectivity index (χ1n) is 2.36. The Kier molecular flexibility index (Phi) is 5.06. The van der Waals surface area contributed by atoms with Crippen molar-refractivity contribution in [1.29, 1.82) is 0 Å². The van der Waals surface area contributed by atoms with Gasteiger partial charge in [0.1, 0.15) is 0 Å². The first kappa shape index (κ1) is 9.85. The molecule has 0 spiro atoms. The van der Waals surface area contributed by atoms with Crippen molar-refractivity contribution in [3.63, 3.8) is 0 Å². The van der Waals surface area contributed by atoms with Crippen molar-refractivity contribution in [2.24, 2.45) is 0 Å². The molecule has 0 aliphatic heterocycles. The molecular weight excluding hydrogens is 416 g/mol. The largest absolute Gasteiger partial charge is 0.870 e. The predicted octanol–water partition coefficient (Wildman–Crippen LogP) is 1.29. The molecule has 9 heavy (non-hydrogen) atoms. The third kappa shape index (κ3) is 3.52. The third-order valence-electron chi connectivity index (χ3n) is 0.913. The van der Waals surface area contributed by atoms with E-state index in [1.807, 2.05) is 0 Å². The second-order valence-electron chi connectivity index (χ2n) is 1.63. The Morgan fingerprint density at radius 3 is 1.89 bits per heavy atom. The number of rotatable bonds is 0. The second kappa shape index (κ2) is 4.63. The molecule has 0 aliphatic rings. The molecule has 0 fully saturated rings. The molecular formula is C6H5HgIO. The minimum atomic E-state index is 0. The van der Waals surface area contributed by atoms with Crippen molar-refractivity contribution in [3.05, 3.63) is 27.8 Å². The molecule has 1 nitrogen and oxygen atoms in total. The van der Waals surface area contributed by atoms with Crippen molar-refractivity contribution in [2.75, 3.05) is 0 Å². The fourth-order valence-corrected chi connectivity index (χ4v) is 1.76. The second-order valence-corrected chi connectivity index (χ2v) is 6.05. The summed E-state index contributed by atoms with van der Waals surface area (Å²) in [4.78, 5) is 0. The SMILES string of the molecule is Ic1cc[c]([Hg+])cc1.[OH-]. The van der Waals surface area contributed by atoms with Crippen LogP contribution in [0.4, 0.5) is 0 Å². The average Bonchev–Trinajstić information content (AvgIpc) is 1.77. The summed E-state index contributed by atoms with van der Waals surface area (Å²) in [6, 6.07) is 8.71. The molecule has 3 heteroatoms. The molecule has 0 amide bonds.